The van der Waals surface area contributed by atoms with Crippen molar-refractivity contribution in [2.45, 2.75) is 0 Å². The minimum atomic E-state index is -4.38. The van der Waals surface area contributed by atoms with E-state index in [1.54, 1.807) is 0 Å². The Balaban J connectivity index is 0.000000262. The molecule has 0 spiro atoms. The fourth-order valence-electron chi connectivity index (χ4n) is 0.743. The van der Waals surface area contributed by atoms with Crippen molar-refractivity contribution >= 4 is 13.6 Å². The van der Waals surface area contributed by atoms with Crippen LogP contribution >= 0.6 is 7.60 Å². The summed E-state index contributed by atoms with van der Waals surface area (Å²) < 4.78 is 13.7. The number of hydrogen-bond acceptors (Lipinski definition) is 3. The molecule has 1 aromatic rings. The van der Waals surface area contributed by atoms with Gasteiger partial charge in [-0.25, -0.2) is 9.13 Å². The summed E-state index contributed by atoms with van der Waals surface area (Å²) in [5.74, 6) is -1.74. The van der Waals surface area contributed by atoms with E-state index >= 15 is 0 Å². The second kappa shape index (κ2) is 5.65. The quantitative estimate of drug-likeness (QED) is 0.446. The van der Waals surface area contributed by atoms with E-state index in [1.807, 2.05) is 42.0 Å². The molecule has 1 rings (SSSR count). The highest BCUT2D eigenvalue weighted by atomic mass is 31.2. The molecule has 0 saturated carbocycles. The second-order valence-corrected chi connectivity index (χ2v) is 4.58. The zero-order valence-corrected chi connectivity index (χ0v) is 9.29. The first kappa shape index (κ1) is 13.8. The van der Waals surface area contributed by atoms with Gasteiger partial charge in [0, 0.05) is 0 Å². The molecule has 0 atom stereocenters. The maximum Gasteiger partial charge on any atom is 0.331 e. The monoisotopic (exact) mass is 236 g/mol. The van der Waals surface area contributed by atoms with E-state index in [1.165, 1.54) is 0 Å². The number of imidazole rings is 1. The zero-order valence-electron chi connectivity index (χ0n) is 8.40. The average molecular weight is 236 g/mol. The molecule has 0 aliphatic heterocycles. The van der Waals surface area contributed by atoms with Crippen LogP contribution < -0.4 is 9.67 Å². The number of carboxylic acids is 1. The molecular formula is C7H13N2O5P. The molecule has 7 nitrogen and oxygen atoms in total. The largest absolute Gasteiger partial charge is 0.549 e. The van der Waals surface area contributed by atoms with Crippen LogP contribution in [-0.2, 0) is 23.5 Å². The number of hydrogen-bond donors (Lipinski definition) is 2. The van der Waals surface area contributed by atoms with E-state index in [9.17, 15) is 14.5 Å². The second-order valence-electron chi connectivity index (χ2n) is 2.94. The number of aromatic nitrogens is 2. The lowest BCUT2D eigenvalue weighted by Crippen LogP contribution is -2.25. The van der Waals surface area contributed by atoms with Crippen molar-refractivity contribution in [3.63, 3.8) is 0 Å². The van der Waals surface area contributed by atoms with Gasteiger partial charge in [-0.1, -0.05) is 0 Å². The van der Waals surface area contributed by atoms with Gasteiger partial charge >= 0.3 is 7.60 Å². The van der Waals surface area contributed by atoms with Crippen molar-refractivity contribution < 1.29 is 28.8 Å². The van der Waals surface area contributed by atoms with Gasteiger partial charge in [0.05, 0.1) is 26.2 Å². The molecule has 1 heterocycles. The number of carbonyl (C=O) groups is 1. The van der Waals surface area contributed by atoms with Crippen LogP contribution in [0, 0.1) is 0 Å². The van der Waals surface area contributed by atoms with E-state index in [0.717, 1.165) is 0 Å². The van der Waals surface area contributed by atoms with Crippen molar-refractivity contribution in [2.75, 3.05) is 6.16 Å². The molecule has 0 aliphatic rings. The molecular weight excluding hydrogens is 223 g/mol. The molecule has 86 valence electrons. The van der Waals surface area contributed by atoms with Crippen molar-refractivity contribution in [1.82, 2.24) is 4.57 Å². The van der Waals surface area contributed by atoms with Crippen molar-refractivity contribution in [3.05, 3.63) is 18.7 Å². The Labute approximate surface area is 86.8 Å². The number of aliphatic carboxylic acids is 1. The summed E-state index contributed by atoms with van der Waals surface area (Å²) in [6.45, 7) is 0. The van der Waals surface area contributed by atoms with Gasteiger partial charge in [0.25, 0.3) is 0 Å². The highest BCUT2D eigenvalue weighted by molar-refractivity contribution is 7.52. The zero-order chi connectivity index (χ0) is 12.1. The minimum Gasteiger partial charge on any atom is -0.549 e. The van der Waals surface area contributed by atoms with Gasteiger partial charge in [-0.3, -0.25) is 4.57 Å². The van der Waals surface area contributed by atoms with Crippen LogP contribution in [0.3, 0.4) is 0 Å². The Morgan fingerprint density at radius 2 is 2.13 bits per heavy atom. The maximum atomic E-state index is 9.72. The lowest BCUT2D eigenvalue weighted by molar-refractivity contribution is -0.670. The van der Waals surface area contributed by atoms with E-state index in [4.69, 9.17) is 9.79 Å². The average Bonchev–Trinajstić information content (AvgIpc) is 2.29. The summed E-state index contributed by atoms with van der Waals surface area (Å²) in [7, 11) is -0.384. The molecule has 0 unspecified atom stereocenters. The molecule has 0 aromatic carbocycles. The SMILES string of the molecule is Cn1cc[n+](C)c1.O=C([O-])CP(=O)(O)O. The third kappa shape index (κ3) is 9.14. The van der Waals surface area contributed by atoms with Crippen LogP contribution in [0.1, 0.15) is 0 Å². The third-order valence-electron chi connectivity index (χ3n) is 1.24. The van der Waals surface area contributed by atoms with Gasteiger partial charge in [0.1, 0.15) is 12.4 Å². The van der Waals surface area contributed by atoms with E-state index in [2.05, 4.69) is 0 Å². The Morgan fingerprint density at radius 1 is 1.60 bits per heavy atom. The summed E-state index contributed by atoms with van der Waals surface area (Å²) in [6, 6.07) is 0. The van der Waals surface area contributed by atoms with E-state index in [-0.39, 0.29) is 0 Å². The fourth-order valence-corrected chi connectivity index (χ4v) is 1.08. The lowest BCUT2D eigenvalue weighted by Gasteiger charge is -2.01. The molecule has 0 radical (unpaired) electrons. The standard InChI is InChI=1S/C5H9N2.C2H5O5P/c1-6-3-4-7(2)5-6;3-2(4)1-8(5,6)7/h3-5H,1-2H3;1H2,(H,3,4)(H2,5,6,7)/q+1;/p-1. The Kier molecular flexibility index (Phi) is 5.21. The number of aryl methyl sites for hydroxylation is 2. The number of rotatable bonds is 2. The van der Waals surface area contributed by atoms with Crippen LogP contribution in [0.25, 0.3) is 0 Å². The van der Waals surface area contributed by atoms with Gasteiger partial charge in [0.15, 0.2) is 0 Å². The summed E-state index contributed by atoms with van der Waals surface area (Å²) >= 11 is 0. The smallest absolute Gasteiger partial charge is 0.331 e. The van der Waals surface area contributed by atoms with Gasteiger partial charge in [-0.2, -0.15) is 0 Å². The first-order valence-electron chi connectivity index (χ1n) is 3.92. The first-order valence-corrected chi connectivity index (χ1v) is 5.72. The molecule has 2 N–H and O–H groups in total. The van der Waals surface area contributed by atoms with Crippen LogP contribution in [0.15, 0.2) is 18.7 Å². The Bertz CT molecular complexity index is 353. The molecule has 0 fully saturated rings. The van der Waals surface area contributed by atoms with Gasteiger partial charge < -0.3 is 19.7 Å². The topological polar surface area (TPSA) is 106 Å². The van der Waals surface area contributed by atoms with Gasteiger partial charge in [0.2, 0.25) is 6.33 Å². The normalized spacial score (nSPS) is 10.4. The molecule has 0 aliphatic carbocycles. The number of carboxylic acid groups (broad SMARTS) is 1. The summed E-state index contributed by atoms with van der Waals surface area (Å²) in [6.07, 6.45) is 4.80. The van der Waals surface area contributed by atoms with Crippen molar-refractivity contribution in [1.29, 1.82) is 0 Å². The Hall–Kier alpha value is -1.17. The van der Waals surface area contributed by atoms with Gasteiger partial charge in [-0.15, -0.1) is 0 Å². The molecule has 1 aromatic heterocycles. The predicted molar refractivity (Wildman–Crippen MR) is 48.5 cm³/mol. The van der Waals surface area contributed by atoms with Crippen LogP contribution in [0.2, 0.25) is 0 Å². The fraction of sp³-hybridized carbons (Fsp3) is 0.429. The molecule has 8 heteroatoms. The van der Waals surface area contributed by atoms with E-state index in [0.29, 0.717) is 0 Å². The van der Waals surface area contributed by atoms with Crippen molar-refractivity contribution in [2.24, 2.45) is 14.1 Å². The van der Waals surface area contributed by atoms with Crippen LogP contribution in [0.5, 0.6) is 0 Å². The molecule has 0 bridgehead atoms. The number of carbonyl (C=O) groups excluding carboxylic acids is 1. The summed E-state index contributed by atoms with van der Waals surface area (Å²) in [5, 5.41) is 9.41. The highest BCUT2D eigenvalue weighted by Gasteiger charge is 2.11. The number of nitrogens with zero attached hydrogens (tertiary/aromatic N) is 2. The maximum absolute atomic E-state index is 9.72. The lowest BCUT2D eigenvalue weighted by atomic mass is 10.8. The third-order valence-corrected chi connectivity index (χ3v) is 1.91. The first-order chi connectivity index (χ1) is 6.70. The minimum absolute atomic E-state index is 1.20. The molecule has 15 heavy (non-hydrogen) atoms. The molecule has 0 amide bonds. The van der Waals surface area contributed by atoms with Gasteiger partial charge in [-0.05, 0) is 0 Å². The van der Waals surface area contributed by atoms with Crippen molar-refractivity contribution in [3.8, 4) is 0 Å². The molecule has 0 saturated heterocycles. The van der Waals surface area contributed by atoms with Crippen LogP contribution in [-0.4, -0.2) is 26.5 Å². The predicted octanol–water partition coefficient (Wildman–Crippen LogP) is -2.24. The summed E-state index contributed by atoms with van der Waals surface area (Å²) in [4.78, 5) is 25.2. The summed E-state index contributed by atoms with van der Waals surface area (Å²) in [5.41, 5.74) is 0. The van der Waals surface area contributed by atoms with E-state index < -0.39 is 19.7 Å². The van der Waals surface area contributed by atoms with Crippen LogP contribution in [0.4, 0.5) is 0 Å². The highest BCUT2D eigenvalue weighted by Crippen LogP contribution is 2.32. The Morgan fingerprint density at radius 3 is 2.20 bits per heavy atom.